The number of alkyl halides is 2. The zero-order valence-electron chi connectivity index (χ0n) is 20.9. The number of rotatable bonds is 8. The highest BCUT2D eigenvalue weighted by atomic mass is 19.3. The number of hydrogen-bond acceptors (Lipinski definition) is 8. The highest BCUT2D eigenvalue weighted by Crippen LogP contribution is 2.31. The summed E-state index contributed by atoms with van der Waals surface area (Å²) in [6.07, 6.45) is -0.782. The van der Waals surface area contributed by atoms with Crippen LogP contribution in [0.4, 0.5) is 14.7 Å². The molecule has 2 aliphatic rings. The number of morpholine rings is 1. The Morgan fingerprint density at radius 2 is 1.97 bits per heavy atom. The van der Waals surface area contributed by atoms with Crippen molar-refractivity contribution in [2.45, 2.75) is 37.8 Å². The molecule has 1 N–H and O–H groups in total. The Morgan fingerprint density at radius 1 is 1.19 bits per heavy atom. The molecule has 0 spiro atoms. The van der Waals surface area contributed by atoms with E-state index in [4.69, 9.17) is 9.47 Å². The molecule has 0 radical (unpaired) electrons. The molecule has 1 aromatic carbocycles. The number of ether oxygens (including phenoxy) is 2. The van der Waals surface area contributed by atoms with Gasteiger partial charge in [-0.2, -0.15) is 9.97 Å². The van der Waals surface area contributed by atoms with Crippen LogP contribution in [-0.2, 0) is 9.53 Å². The Balaban J connectivity index is 1.45. The van der Waals surface area contributed by atoms with E-state index in [1.165, 1.54) is 4.57 Å². The van der Waals surface area contributed by atoms with Crippen LogP contribution in [0, 0.1) is 0 Å². The van der Waals surface area contributed by atoms with Gasteiger partial charge in [0.15, 0.2) is 5.82 Å². The lowest BCUT2D eigenvalue weighted by atomic mass is 10.2. The van der Waals surface area contributed by atoms with Crippen molar-refractivity contribution in [3.8, 4) is 11.7 Å². The first-order chi connectivity index (χ1) is 17.9. The number of fused-ring (bicyclic) bond motifs is 1. The average molecular weight is 516 g/mol. The summed E-state index contributed by atoms with van der Waals surface area (Å²) in [6, 6.07) is 8.57. The minimum atomic E-state index is -2.79. The van der Waals surface area contributed by atoms with E-state index in [-0.39, 0.29) is 29.7 Å². The Morgan fingerprint density at radius 3 is 2.73 bits per heavy atom. The summed E-state index contributed by atoms with van der Waals surface area (Å²) in [7, 11) is 3.70. The molecule has 5 rings (SSSR count). The molecule has 1 aliphatic carbocycles. The van der Waals surface area contributed by atoms with Gasteiger partial charge in [0.25, 0.3) is 6.43 Å². The normalized spacial score (nSPS) is 20.2. The van der Waals surface area contributed by atoms with Crippen molar-refractivity contribution in [2.24, 2.45) is 0 Å². The molecule has 0 bridgehead atoms. The van der Waals surface area contributed by atoms with Gasteiger partial charge in [-0.15, -0.1) is 0 Å². The molecule has 2 aromatic heterocycles. The number of para-hydroxylation sites is 2. The predicted molar refractivity (Wildman–Crippen MR) is 133 cm³/mol. The van der Waals surface area contributed by atoms with Crippen LogP contribution in [0.15, 0.2) is 30.3 Å². The number of likely N-dealkylation sites (N-methyl/N-ethyl adjacent to an activating group) is 1. The first-order valence-corrected chi connectivity index (χ1v) is 12.5. The highest BCUT2D eigenvalue weighted by Gasteiger charge is 2.29. The SMILES string of the molecule is CN(C)CC(=O)N[C@H]1CC[C@H](Oc2cc(-n3c(C(F)F)nc4ccccc43)nc(N3CCOCC3)n2)C1. The third-order valence-corrected chi connectivity index (χ3v) is 6.48. The van der Waals surface area contributed by atoms with Gasteiger partial charge in [-0.05, 0) is 39.1 Å². The molecule has 37 heavy (non-hydrogen) atoms. The number of aromatic nitrogens is 4. The monoisotopic (exact) mass is 515 g/mol. The molecule has 3 heterocycles. The lowest BCUT2D eigenvalue weighted by molar-refractivity contribution is -0.122. The quantitative estimate of drug-likeness (QED) is 0.489. The zero-order chi connectivity index (χ0) is 25.9. The minimum absolute atomic E-state index is 0.0144. The zero-order valence-corrected chi connectivity index (χ0v) is 20.9. The molecule has 12 heteroatoms. The van der Waals surface area contributed by atoms with Crippen LogP contribution < -0.4 is 15.0 Å². The van der Waals surface area contributed by atoms with Crippen molar-refractivity contribution in [1.29, 1.82) is 0 Å². The van der Waals surface area contributed by atoms with Crippen LogP contribution in [0.2, 0.25) is 0 Å². The molecular formula is C25H31F2N7O3. The second-order valence-corrected chi connectivity index (χ2v) is 9.61. The van der Waals surface area contributed by atoms with E-state index in [2.05, 4.69) is 20.3 Å². The summed E-state index contributed by atoms with van der Waals surface area (Å²) < 4.78 is 41.2. The summed E-state index contributed by atoms with van der Waals surface area (Å²) >= 11 is 0. The van der Waals surface area contributed by atoms with E-state index in [0.29, 0.717) is 62.1 Å². The molecule has 198 valence electrons. The number of benzene rings is 1. The number of anilines is 1. The third-order valence-electron chi connectivity index (χ3n) is 6.48. The summed E-state index contributed by atoms with van der Waals surface area (Å²) in [5, 5.41) is 3.05. The first kappa shape index (κ1) is 25.3. The molecular weight excluding hydrogens is 484 g/mol. The minimum Gasteiger partial charge on any atom is -0.474 e. The predicted octanol–water partition coefficient (Wildman–Crippen LogP) is 2.57. The van der Waals surface area contributed by atoms with Crippen LogP contribution >= 0.6 is 0 Å². The summed E-state index contributed by atoms with van der Waals surface area (Å²) in [5.74, 6) is 0.547. The van der Waals surface area contributed by atoms with Crippen LogP contribution in [0.5, 0.6) is 5.88 Å². The van der Waals surface area contributed by atoms with Crippen LogP contribution in [0.3, 0.4) is 0 Å². The van der Waals surface area contributed by atoms with Crippen molar-refractivity contribution < 1.29 is 23.0 Å². The van der Waals surface area contributed by atoms with Crippen molar-refractivity contribution in [3.63, 3.8) is 0 Å². The smallest absolute Gasteiger partial charge is 0.296 e. The topological polar surface area (TPSA) is 97.6 Å². The van der Waals surface area contributed by atoms with Gasteiger partial charge in [0.1, 0.15) is 11.9 Å². The second-order valence-electron chi connectivity index (χ2n) is 9.61. The maximum Gasteiger partial charge on any atom is 0.296 e. The van der Waals surface area contributed by atoms with Crippen LogP contribution in [-0.4, -0.2) is 89.4 Å². The number of amides is 1. The Labute approximate surface area is 213 Å². The number of hydrogen-bond donors (Lipinski definition) is 1. The standard InChI is InChI=1S/C25H31F2N7O3/c1-32(2)15-21(35)28-16-7-8-17(13-16)37-22-14-20(30-25(31-22)33-9-11-36-12-10-33)34-19-6-4-3-5-18(19)29-24(34)23(26)27/h3-6,14,16-17,23H,7-13,15H2,1-2H3,(H,28,35)/t16-,17-/m0/s1. The molecule has 1 aliphatic heterocycles. The van der Waals surface area contributed by atoms with E-state index < -0.39 is 6.43 Å². The number of nitrogens with one attached hydrogen (secondary N) is 1. The Bertz CT molecular complexity index is 1250. The van der Waals surface area contributed by atoms with E-state index in [9.17, 15) is 13.6 Å². The number of halogens is 2. The maximum absolute atomic E-state index is 14.0. The van der Waals surface area contributed by atoms with Crippen LogP contribution in [0.25, 0.3) is 16.9 Å². The van der Waals surface area contributed by atoms with Gasteiger partial charge >= 0.3 is 0 Å². The molecule has 2 fully saturated rings. The number of imidazole rings is 1. The van der Waals surface area contributed by atoms with E-state index in [1.807, 2.05) is 23.9 Å². The highest BCUT2D eigenvalue weighted by molar-refractivity contribution is 5.78. The van der Waals surface area contributed by atoms with E-state index >= 15 is 0 Å². The number of carbonyl (C=O) groups excluding carboxylic acids is 1. The summed E-state index contributed by atoms with van der Waals surface area (Å²) in [6.45, 7) is 2.54. The maximum atomic E-state index is 14.0. The molecule has 1 saturated heterocycles. The largest absolute Gasteiger partial charge is 0.474 e. The van der Waals surface area contributed by atoms with Crippen molar-refractivity contribution in [2.75, 3.05) is 51.8 Å². The fraction of sp³-hybridized carbons (Fsp3) is 0.520. The second kappa shape index (κ2) is 10.9. The number of nitrogens with zero attached hydrogens (tertiary/aromatic N) is 6. The van der Waals surface area contributed by atoms with Gasteiger partial charge in [0, 0.05) is 31.6 Å². The van der Waals surface area contributed by atoms with E-state index in [1.54, 1.807) is 30.3 Å². The van der Waals surface area contributed by atoms with Crippen molar-refractivity contribution in [3.05, 3.63) is 36.2 Å². The Kier molecular flexibility index (Phi) is 7.47. The molecule has 3 aromatic rings. The molecule has 0 unspecified atom stereocenters. The van der Waals surface area contributed by atoms with Crippen molar-refractivity contribution in [1.82, 2.24) is 29.7 Å². The van der Waals surface area contributed by atoms with Crippen LogP contribution in [0.1, 0.15) is 31.5 Å². The molecule has 1 amide bonds. The third kappa shape index (κ3) is 5.80. The average Bonchev–Trinajstić information content (AvgIpc) is 3.48. The summed E-state index contributed by atoms with van der Waals surface area (Å²) in [4.78, 5) is 29.4. The van der Waals surface area contributed by atoms with Gasteiger partial charge < -0.3 is 24.6 Å². The fourth-order valence-corrected chi connectivity index (χ4v) is 4.82. The molecule has 2 atom stereocenters. The summed E-state index contributed by atoms with van der Waals surface area (Å²) in [5.41, 5.74) is 0.985. The van der Waals surface area contributed by atoms with Gasteiger partial charge in [-0.3, -0.25) is 9.36 Å². The lowest BCUT2D eigenvalue weighted by Gasteiger charge is -2.27. The van der Waals surface area contributed by atoms with E-state index in [0.717, 1.165) is 12.8 Å². The molecule has 10 nitrogen and oxygen atoms in total. The fourth-order valence-electron chi connectivity index (χ4n) is 4.82. The lowest BCUT2D eigenvalue weighted by Crippen LogP contribution is -2.39. The van der Waals surface area contributed by atoms with Gasteiger partial charge in [0.05, 0.1) is 30.8 Å². The van der Waals surface area contributed by atoms with Gasteiger partial charge in [-0.1, -0.05) is 12.1 Å². The van der Waals surface area contributed by atoms with Crippen molar-refractivity contribution >= 4 is 22.9 Å². The van der Waals surface area contributed by atoms with Gasteiger partial charge in [-0.25, -0.2) is 13.8 Å². The first-order valence-electron chi connectivity index (χ1n) is 12.5. The molecule has 1 saturated carbocycles. The van der Waals surface area contributed by atoms with Gasteiger partial charge in [0.2, 0.25) is 17.7 Å². The Hall–Kier alpha value is -3.38. The number of carbonyl (C=O) groups is 1.